The van der Waals surface area contributed by atoms with E-state index in [0.717, 1.165) is 21.7 Å². The first kappa shape index (κ1) is 19.1. The van der Waals surface area contributed by atoms with Gasteiger partial charge in [-0.2, -0.15) is 0 Å². The summed E-state index contributed by atoms with van der Waals surface area (Å²) in [6.07, 6.45) is 0. The molecule has 0 spiro atoms. The second-order valence-corrected chi connectivity index (χ2v) is 7.51. The van der Waals surface area contributed by atoms with Crippen LogP contribution in [0.1, 0.15) is 17.3 Å². The number of carbonyl (C=O) groups excluding carboxylic acids is 1. The summed E-state index contributed by atoms with van der Waals surface area (Å²) < 4.78 is 5.26. The predicted molar refractivity (Wildman–Crippen MR) is 128 cm³/mol. The lowest BCUT2D eigenvalue weighted by Gasteiger charge is -2.19. The van der Waals surface area contributed by atoms with E-state index in [1.807, 2.05) is 31.2 Å². The van der Waals surface area contributed by atoms with Crippen LogP contribution < -0.4 is 0 Å². The Bertz CT molecular complexity index is 1390. The Morgan fingerprint density at radius 2 is 1.13 bits per heavy atom. The van der Waals surface area contributed by atoms with Crippen molar-refractivity contribution in [2.75, 3.05) is 6.61 Å². The number of rotatable bonds is 4. The molecule has 2 nitrogen and oxygen atoms in total. The zero-order valence-corrected chi connectivity index (χ0v) is 17.3. The fraction of sp³-hybridized carbons (Fsp3) is 0.0690. The summed E-state index contributed by atoms with van der Waals surface area (Å²) in [5.74, 6) is -0.290. The zero-order chi connectivity index (χ0) is 21.2. The van der Waals surface area contributed by atoms with Crippen molar-refractivity contribution in [1.82, 2.24) is 0 Å². The highest BCUT2D eigenvalue weighted by Crippen LogP contribution is 2.44. The van der Waals surface area contributed by atoms with Gasteiger partial charge in [0.15, 0.2) is 0 Å². The van der Waals surface area contributed by atoms with Crippen LogP contribution in [0.25, 0.3) is 43.8 Å². The standard InChI is InChI=1S/C29H22O2/c1-2-31-29(30)22-17-18-25-26(19-22)23-15-9-10-16-24(23)27(20-11-5-3-6-12-20)28(25)21-13-7-4-8-14-21/h3-19H,2H2,1H3. The average molecular weight is 402 g/mol. The Hall–Kier alpha value is -3.91. The molecule has 0 radical (unpaired) electrons. The SMILES string of the molecule is CCOC(=O)c1ccc2c(-c3ccccc3)c(-c3ccccc3)c3ccccc3c2c1. The number of hydrogen-bond donors (Lipinski definition) is 0. The molecule has 31 heavy (non-hydrogen) atoms. The smallest absolute Gasteiger partial charge is 0.338 e. The molecule has 0 N–H and O–H groups in total. The largest absolute Gasteiger partial charge is 0.462 e. The second-order valence-electron chi connectivity index (χ2n) is 7.51. The van der Waals surface area contributed by atoms with Crippen molar-refractivity contribution >= 4 is 27.5 Å². The molecule has 0 unspecified atom stereocenters. The van der Waals surface area contributed by atoms with Gasteiger partial charge in [-0.3, -0.25) is 0 Å². The molecule has 0 amide bonds. The molecule has 5 aromatic carbocycles. The molecule has 5 aromatic rings. The van der Waals surface area contributed by atoms with Gasteiger partial charge in [-0.1, -0.05) is 91.0 Å². The Morgan fingerprint density at radius 3 is 1.71 bits per heavy atom. The van der Waals surface area contributed by atoms with Crippen molar-refractivity contribution in [2.24, 2.45) is 0 Å². The number of hydrogen-bond acceptors (Lipinski definition) is 2. The molecule has 0 heterocycles. The monoisotopic (exact) mass is 402 g/mol. The summed E-state index contributed by atoms with van der Waals surface area (Å²) >= 11 is 0. The summed E-state index contributed by atoms with van der Waals surface area (Å²) in [6, 6.07) is 35.3. The molecule has 150 valence electrons. The number of ether oxygens (including phenoxy) is 1. The minimum atomic E-state index is -0.290. The van der Waals surface area contributed by atoms with Gasteiger partial charge in [-0.15, -0.1) is 0 Å². The van der Waals surface area contributed by atoms with E-state index in [2.05, 4.69) is 78.9 Å². The molecule has 0 saturated heterocycles. The van der Waals surface area contributed by atoms with Crippen LogP contribution in [-0.4, -0.2) is 12.6 Å². The summed E-state index contributed by atoms with van der Waals surface area (Å²) in [7, 11) is 0. The molecule has 0 saturated carbocycles. The van der Waals surface area contributed by atoms with Gasteiger partial charge in [0.05, 0.1) is 12.2 Å². The third-order valence-corrected chi connectivity index (χ3v) is 5.66. The maximum absolute atomic E-state index is 12.4. The van der Waals surface area contributed by atoms with Gasteiger partial charge in [-0.05, 0) is 62.9 Å². The van der Waals surface area contributed by atoms with Crippen molar-refractivity contribution < 1.29 is 9.53 Å². The van der Waals surface area contributed by atoms with E-state index in [4.69, 9.17) is 4.74 Å². The van der Waals surface area contributed by atoms with E-state index < -0.39 is 0 Å². The molecule has 0 aliphatic rings. The van der Waals surface area contributed by atoms with E-state index in [1.54, 1.807) is 0 Å². The van der Waals surface area contributed by atoms with Crippen LogP contribution in [0.5, 0.6) is 0 Å². The molecule has 0 atom stereocenters. The quantitative estimate of drug-likeness (QED) is 0.230. The van der Waals surface area contributed by atoms with Gasteiger partial charge in [0.1, 0.15) is 0 Å². The maximum atomic E-state index is 12.4. The fourth-order valence-electron chi connectivity index (χ4n) is 4.34. The fourth-order valence-corrected chi connectivity index (χ4v) is 4.34. The van der Waals surface area contributed by atoms with Crippen LogP contribution in [0.15, 0.2) is 103 Å². The third kappa shape index (κ3) is 3.36. The Balaban J connectivity index is 1.95. The van der Waals surface area contributed by atoms with Crippen molar-refractivity contribution in [2.45, 2.75) is 6.92 Å². The third-order valence-electron chi connectivity index (χ3n) is 5.66. The molecule has 0 aliphatic heterocycles. The summed E-state index contributed by atoms with van der Waals surface area (Å²) in [5, 5.41) is 4.47. The van der Waals surface area contributed by atoms with E-state index in [9.17, 15) is 4.79 Å². The van der Waals surface area contributed by atoms with Gasteiger partial charge in [0.2, 0.25) is 0 Å². The molecular formula is C29H22O2. The highest BCUT2D eigenvalue weighted by molar-refractivity contribution is 6.22. The molecule has 2 heteroatoms. The molecule has 0 aliphatic carbocycles. The Kier molecular flexibility index (Phi) is 4.97. The van der Waals surface area contributed by atoms with Crippen molar-refractivity contribution in [3.63, 3.8) is 0 Å². The Morgan fingerprint density at radius 1 is 0.613 bits per heavy atom. The second kappa shape index (κ2) is 8.08. The van der Waals surface area contributed by atoms with E-state index in [-0.39, 0.29) is 5.97 Å². The van der Waals surface area contributed by atoms with Crippen molar-refractivity contribution in [1.29, 1.82) is 0 Å². The van der Waals surface area contributed by atoms with E-state index >= 15 is 0 Å². The van der Waals surface area contributed by atoms with Gasteiger partial charge >= 0.3 is 5.97 Å². The highest BCUT2D eigenvalue weighted by atomic mass is 16.5. The van der Waals surface area contributed by atoms with Crippen LogP contribution in [0.2, 0.25) is 0 Å². The van der Waals surface area contributed by atoms with Crippen molar-refractivity contribution in [3.05, 3.63) is 109 Å². The molecule has 0 fully saturated rings. The number of benzene rings is 5. The lowest BCUT2D eigenvalue weighted by atomic mass is 9.84. The molecule has 0 aromatic heterocycles. The summed E-state index contributed by atoms with van der Waals surface area (Å²) in [4.78, 5) is 12.4. The van der Waals surface area contributed by atoms with Crippen LogP contribution in [0.4, 0.5) is 0 Å². The lowest BCUT2D eigenvalue weighted by Crippen LogP contribution is -2.04. The van der Waals surface area contributed by atoms with Gasteiger partial charge in [0.25, 0.3) is 0 Å². The zero-order valence-electron chi connectivity index (χ0n) is 17.3. The minimum Gasteiger partial charge on any atom is -0.462 e. The van der Waals surface area contributed by atoms with Gasteiger partial charge in [-0.25, -0.2) is 4.79 Å². The first-order chi connectivity index (χ1) is 15.3. The molecule has 0 bridgehead atoms. The topological polar surface area (TPSA) is 26.3 Å². The number of carbonyl (C=O) groups is 1. The summed E-state index contributed by atoms with van der Waals surface area (Å²) in [6.45, 7) is 2.19. The van der Waals surface area contributed by atoms with Gasteiger partial charge < -0.3 is 4.74 Å². The molecule has 5 rings (SSSR count). The minimum absolute atomic E-state index is 0.290. The van der Waals surface area contributed by atoms with Crippen LogP contribution >= 0.6 is 0 Å². The predicted octanol–water partition coefficient (Wildman–Crippen LogP) is 7.50. The lowest BCUT2D eigenvalue weighted by molar-refractivity contribution is 0.0526. The van der Waals surface area contributed by atoms with Crippen LogP contribution in [0.3, 0.4) is 0 Å². The number of esters is 1. The first-order valence-corrected chi connectivity index (χ1v) is 10.5. The van der Waals surface area contributed by atoms with E-state index in [0.29, 0.717) is 12.2 Å². The molecular weight excluding hydrogens is 380 g/mol. The Labute approximate surface area is 181 Å². The normalized spacial score (nSPS) is 11.0. The first-order valence-electron chi connectivity index (χ1n) is 10.5. The van der Waals surface area contributed by atoms with E-state index in [1.165, 1.54) is 22.1 Å². The van der Waals surface area contributed by atoms with Gasteiger partial charge in [0, 0.05) is 0 Å². The average Bonchev–Trinajstić information content (AvgIpc) is 2.84. The van der Waals surface area contributed by atoms with Crippen LogP contribution in [-0.2, 0) is 4.74 Å². The highest BCUT2D eigenvalue weighted by Gasteiger charge is 2.18. The number of fused-ring (bicyclic) bond motifs is 3. The summed E-state index contributed by atoms with van der Waals surface area (Å²) in [5.41, 5.74) is 5.29. The van der Waals surface area contributed by atoms with Crippen LogP contribution in [0, 0.1) is 0 Å². The maximum Gasteiger partial charge on any atom is 0.338 e. The van der Waals surface area contributed by atoms with Crippen molar-refractivity contribution in [3.8, 4) is 22.3 Å².